The molecule has 0 aliphatic carbocycles. The van der Waals surface area contributed by atoms with Gasteiger partial charge < -0.3 is 0 Å². The highest BCUT2D eigenvalue weighted by molar-refractivity contribution is 5.87. The van der Waals surface area contributed by atoms with Crippen LogP contribution in [-0.4, -0.2) is 19.5 Å². The van der Waals surface area contributed by atoms with Crippen LogP contribution >= 0.6 is 0 Å². The molecule has 0 radical (unpaired) electrons. The minimum atomic E-state index is 0.813. The highest BCUT2D eigenvalue weighted by atomic mass is 15.1. The van der Waals surface area contributed by atoms with E-state index < -0.39 is 0 Å². The molecule has 21 heavy (non-hydrogen) atoms. The van der Waals surface area contributed by atoms with Crippen LogP contribution < -0.4 is 0 Å². The fourth-order valence-corrected chi connectivity index (χ4v) is 2.42. The molecule has 0 N–H and O–H groups in total. The fraction of sp³-hybridized carbons (Fsp3) is 0. The van der Waals surface area contributed by atoms with Gasteiger partial charge in [0.05, 0.1) is 0 Å². The summed E-state index contributed by atoms with van der Waals surface area (Å²) in [6.07, 6.45) is 3.38. The molecule has 0 saturated heterocycles. The lowest BCUT2D eigenvalue weighted by Gasteiger charge is -2.04. The monoisotopic (exact) mass is 272 g/mol. The Kier molecular flexibility index (Phi) is 2.71. The lowest BCUT2D eigenvalue weighted by molar-refractivity contribution is 1.06. The van der Waals surface area contributed by atoms with Gasteiger partial charge in [0, 0.05) is 11.3 Å². The summed E-state index contributed by atoms with van der Waals surface area (Å²) in [5.74, 6) is 0. The smallest absolute Gasteiger partial charge is 0.168 e. The van der Waals surface area contributed by atoms with Gasteiger partial charge in [0.25, 0.3) is 0 Å². The maximum Gasteiger partial charge on any atom is 0.168 e. The molecule has 0 unspecified atom stereocenters. The second-order valence-electron chi connectivity index (χ2n) is 4.71. The average Bonchev–Trinajstić information content (AvgIpc) is 3.00. The lowest BCUT2D eigenvalue weighted by atomic mass is 10.1. The molecule has 0 amide bonds. The third-order valence-electron chi connectivity index (χ3n) is 3.42. The minimum absolute atomic E-state index is 0.813. The number of rotatable bonds is 2. The molecular weight excluding hydrogens is 260 g/mol. The van der Waals surface area contributed by atoms with E-state index in [9.17, 15) is 0 Å². The van der Waals surface area contributed by atoms with E-state index in [0.29, 0.717) is 0 Å². The Morgan fingerprint density at radius 3 is 2.19 bits per heavy atom. The van der Waals surface area contributed by atoms with Crippen LogP contribution in [0.15, 0.2) is 73.3 Å². The first kappa shape index (κ1) is 11.8. The summed E-state index contributed by atoms with van der Waals surface area (Å²) in [6.45, 7) is 0. The van der Waals surface area contributed by atoms with Gasteiger partial charge in [-0.1, -0.05) is 48.5 Å². The number of nitrogens with zero attached hydrogens (tertiary/aromatic N) is 4. The first-order valence-electron chi connectivity index (χ1n) is 6.72. The van der Waals surface area contributed by atoms with Crippen LogP contribution in [0.5, 0.6) is 0 Å². The number of hydrogen-bond acceptors (Lipinski definition) is 3. The number of aromatic nitrogens is 4. The first-order valence-corrected chi connectivity index (χ1v) is 6.72. The Labute approximate surface area is 121 Å². The van der Waals surface area contributed by atoms with Crippen LogP contribution in [0.1, 0.15) is 0 Å². The molecule has 4 aromatic rings. The predicted molar refractivity (Wildman–Crippen MR) is 82.1 cm³/mol. The van der Waals surface area contributed by atoms with Gasteiger partial charge in [-0.15, -0.1) is 0 Å². The summed E-state index contributed by atoms with van der Waals surface area (Å²) >= 11 is 0. The maximum absolute atomic E-state index is 4.51. The SMILES string of the molecule is c1ccc(-c2ncnc3c2ncn3-c2ccccc2)cc1. The van der Waals surface area contributed by atoms with Crippen LogP contribution in [0, 0.1) is 0 Å². The summed E-state index contributed by atoms with van der Waals surface area (Å²) in [5, 5.41) is 0. The van der Waals surface area contributed by atoms with Crippen molar-refractivity contribution in [1.29, 1.82) is 0 Å². The molecular formula is C17H12N4. The average molecular weight is 272 g/mol. The molecule has 2 heterocycles. The molecule has 0 saturated carbocycles. The van der Waals surface area contributed by atoms with E-state index in [1.165, 1.54) is 0 Å². The van der Waals surface area contributed by atoms with E-state index in [1.54, 1.807) is 12.7 Å². The number of imidazole rings is 1. The third-order valence-corrected chi connectivity index (χ3v) is 3.42. The molecule has 0 fully saturated rings. The Morgan fingerprint density at radius 2 is 1.43 bits per heavy atom. The molecule has 2 aromatic heterocycles. The Hall–Kier alpha value is -3.01. The molecule has 0 aliphatic rings. The number of fused-ring (bicyclic) bond motifs is 1. The van der Waals surface area contributed by atoms with Crippen molar-refractivity contribution in [3.05, 3.63) is 73.3 Å². The van der Waals surface area contributed by atoms with Gasteiger partial charge in [-0.3, -0.25) is 4.57 Å². The van der Waals surface area contributed by atoms with Crippen LogP contribution in [0.25, 0.3) is 28.1 Å². The van der Waals surface area contributed by atoms with Gasteiger partial charge in [0.1, 0.15) is 23.9 Å². The molecule has 0 atom stereocenters. The Bertz CT molecular complexity index is 882. The van der Waals surface area contributed by atoms with E-state index in [1.807, 2.05) is 65.2 Å². The summed E-state index contributed by atoms with van der Waals surface area (Å²) in [7, 11) is 0. The van der Waals surface area contributed by atoms with E-state index in [2.05, 4.69) is 15.0 Å². The zero-order valence-electron chi connectivity index (χ0n) is 11.2. The van der Waals surface area contributed by atoms with E-state index in [0.717, 1.165) is 28.1 Å². The van der Waals surface area contributed by atoms with E-state index >= 15 is 0 Å². The number of benzene rings is 2. The van der Waals surface area contributed by atoms with Crippen LogP contribution in [0.4, 0.5) is 0 Å². The van der Waals surface area contributed by atoms with Crippen molar-refractivity contribution in [3.8, 4) is 16.9 Å². The number of hydrogen-bond donors (Lipinski definition) is 0. The van der Waals surface area contributed by atoms with Crippen molar-refractivity contribution in [2.45, 2.75) is 0 Å². The van der Waals surface area contributed by atoms with Crippen molar-refractivity contribution in [1.82, 2.24) is 19.5 Å². The normalized spacial score (nSPS) is 10.9. The van der Waals surface area contributed by atoms with Crippen LogP contribution in [-0.2, 0) is 0 Å². The van der Waals surface area contributed by atoms with E-state index in [-0.39, 0.29) is 0 Å². The van der Waals surface area contributed by atoms with Gasteiger partial charge >= 0.3 is 0 Å². The quantitative estimate of drug-likeness (QED) is 0.561. The van der Waals surface area contributed by atoms with Crippen molar-refractivity contribution < 1.29 is 0 Å². The second kappa shape index (κ2) is 4.83. The van der Waals surface area contributed by atoms with Crippen molar-refractivity contribution in [2.75, 3.05) is 0 Å². The Balaban J connectivity index is 1.96. The molecule has 0 spiro atoms. The molecule has 0 aliphatic heterocycles. The Morgan fingerprint density at radius 1 is 0.714 bits per heavy atom. The van der Waals surface area contributed by atoms with Crippen molar-refractivity contribution in [3.63, 3.8) is 0 Å². The van der Waals surface area contributed by atoms with Crippen LogP contribution in [0.2, 0.25) is 0 Å². The second-order valence-corrected chi connectivity index (χ2v) is 4.71. The van der Waals surface area contributed by atoms with Gasteiger partial charge in [-0.25, -0.2) is 15.0 Å². The number of para-hydroxylation sites is 1. The van der Waals surface area contributed by atoms with Crippen molar-refractivity contribution >= 4 is 11.2 Å². The summed E-state index contributed by atoms with van der Waals surface area (Å²) in [6, 6.07) is 20.1. The fourth-order valence-electron chi connectivity index (χ4n) is 2.42. The standard InChI is InChI=1S/C17H12N4/c1-3-7-13(8-4-1)15-16-17(19-11-18-15)21(12-20-16)14-9-5-2-6-10-14/h1-12H. The molecule has 4 nitrogen and oxygen atoms in total. The molecule has 2 aromatic carbocycles. The maximum atomic E-state index is 4.51. The minimum Gasteiger partial charge on any atom is -0.283 e. The first-order chi connectivity index (χ1) is 10.4. The van der Waals surface area contributed by atoms with Gasteiger partial charge in [0.2, 0.25) is 0 Å². The third kappa shape index (κ3) is 1.97. The van der Waals surface area contributed by atoms with E-state index in [4.69, 9.17) is 0 Å². The summed E-state index contributed by atoms with van der Waals surface area (Å²) in [4.78, 5) is 13.3. The zero-order valence-corrected chi connectivity index (χ0v) is 11.2. The summed E-state index contributed by atoms with van der Waals surface area (Å²) < 4.78 is 1.98. The lowest BCUT2D eigenvalue weighted by Crippen LogP contribution is -1.94. The molecule has 100 valence electrons. The van der Waals surface area contributed by atoms with Gasteiger partial charge in [-0.05, 0) is 12.1 Å². The highest BCUT2D eigenvalue weighted by Crippen LogP contribution is 2.25. The highest BCUT2D eigenvalue weighted by Gasteiger charge is 2.12. The molecule has 0 bridgehead atoms. The topological polar surface area (TPSA) is 43.6 Å². The van der Waals surface area contributed by atoms with Crippen molar-refractivity contribution in [2.24, 2.45) is 0 Å². The van der Waals surface area contributed by atoms with Gasteiger partial charge in [0.15, 0.2) is 5.65 Å². The zero-order chi connectivity index (χ0) is 14.1. The summed E-state index contributed by atoms with van der Waals surface area (Å²) in [5.41, 5.74) is 4.57. The molecule has 4 heteroatoms. The molecule has 4 rings (SSSR count). The predicted octanol–water partition coefficient (Wildman–Crippen LogP) is 3.48. The van der Waals surface area contributed by atoms with Gasteiger partial charge in [-0.2, -0.15) is 0 Å². The van der Waals surface area contributed by atoms with Crippen LogP contribution in [0.3, 0.4) is 0 Å². The largest absolute Gasteiger partial charge is 0.283 e.